The molecule has 1 N–H and O–H groups in total. The van der Waals surface area contributed by atoms with Gasteiger partial charge in [0.05, 0.1) is 13.7 Å². The van der Waals surface area contributed by atoms with E-state index in [1.54, 1.807) is 0 Å². The number of methoxy groups -OCH3 is 1. The van der Waals surface area contributed by atoms with Crippen molar-refractivity contribution >= 4 is 5.91 Å². The molecule has 0 fully saturated rings. The van der Waals surface area contributed by atoms with E-state index >= 15 is 0 Å². The van der Waals surface area contributed by atoms with Gasteiger partial charge in [-0.15, -0.1) is 0 Å². The van der Waals surface area contributed by atoms with E-state index in [-0.39, 0.29) is 29.9 Å². The molecule has 6 heteroatoms. The van der Waals surface area contributed by atoms with Gasteiger partial charge in [-0.1, -0.05) is 0 Å². The smallest absolute Gasteiger partial charge is 0.251 e. The monoisotopic (exact) mass is 359 g/mol. The minimum Gasteiger partial charge on any atom is -0.494 e. The Morgan fingerprint density at radius 2 is 2.12 bits per heavy atom. The van der Waals surface area contributed by atoms with Crippen LogP contribution in [0.25, 0.3) is 0 Å². The molecule has 0 aliphatic carbocycles. The van der Waals surface area contributed by atoms with E-state index < -0.39 is 5.82 Å². The first-order valence-corrected chi connectivity index (χ1v) is 8.58. The van der Waals surface area contributed by atoms with Crippen molar-refractivity contribution in [1.29, 1.82) is 0 Å². The van der Waals surface area contributed by atoms with Crippen molar-refractivity contribution in [2.45, 2.75) is 32.9 Å². The zero-order valence-corrected chi connectivity index (χ0v) is 15.1. The van der Waals surface area contributed by atoms with Crippen molar-refractivity contribution in [2.75, 3.05) is 13.7 Å². The number of carbonyl (C=O) groups excluding carboxylic acids is 1. The number of nitrogens with one attached hydrogen (secondary N) is 1. The van der Waals surface area contributed by atoms with Crippen LogP contribution in [0.5, 0.6) is 17.2 Å². The van der Waals surface area contributed by atoms with Gasteiger partial charge >= 0.3 is 0 Å². The highest BCUT2D eigenvalue weighted by Crippen LogP contribution is 2.35. The molecule has 26 heavy (non-hydrogen) atoms. The SMILES string of the molecule is CCOc1cc2c(cc1CNC(=O)c1ccc(OC)c(F)c1)OC(C)C2. The van der Waals surface area contributed by atoms with Crippen LogP contribution in [0.3, 0.4) is 0 Å². The number of amides is 1. The van der Waals surface area contributed by atoms with E-state index in [0.717, 1.165) is 35.1 Å². The van der Waals surface area contributed by atoms with E-state index in [2.05, 4.69) is 5.32 Å². The summed E-state index contributed by atoms with van der Waals surface area (Å²) in [5, 5.41) is 2.80. The number of rotatable bonds is 6. The van der Waals surface area contributed by atoms with Gasteiger partial charge in [0.2, 0.25) is 0 Å². The van der Waals surface area contributed by atoms with Gasteiger partial charge in [0.15, 0.2) is 11.6 Å². The zero-order valence-electron chi connectivity index (χ0n) is 15.1. The molecule has 2 aromatic carbocycles. The summed E-state index contributed by atoms with van der Waals surface area (Å²) < 4.78 is 30.1. The van der Waals surface area contributed by atoms with E-state index in [0.29, 0.717) is 6.61 Å². The van der Waals surface area contributed by atoms with Crippen LogP contribution in [0.2, 0.25) is 0 Å². The fourth-order valence-corrected chi connectivity index (χ4v) is 2.99. The Morgan fingerprint density at radius 1 is 1.31 bits per heavy atom. The van der Waals surface area contributed by atoms with Gasteiger partial charge in [0.25, 0.3) is 5.91 Å². The Hall–Kier alpha value is -2.76. The quantitative estimate of drug-likeness (QED) is 0.858. The Labute approximate surface area is 152 Å². The summed E-state index contributed by atoms with van der Waals surface area (Å²) in [7, 11) is 1.38. The minimum atomic E-state index is -0.574. The maximum Gasteiger partial charge on any atom is 0.251 e. The predicted octanol–water partition coefficient (Wildman–Crippen LogP) is 3.49. The van der Waals surface area contributed by atoms with Crippen LogP contribution in [-0.2, 0) is 13.0 Å². The summed E-state index contributed by atoms with van der Waals surface area (Å²) in [6.45, 7) is 4.71. The largest absolute Gasteiger partial charge is 0.494 e. The molecule has 1 unspecified atom stereocenters. The number of hydrogen-bond acceptors (Lipinski definition) is 4. The molecule has 1 atom stereocenters. The highest BCUT2D eigenvalue weighted by molar-refractivity contribution is 5.94. The number of fused-ring (bicyclic) bond motifs is 1. The summed E-state index contributed by atoms with van der Waals surface area (Å²) in [6, 6.07) is 7.98. The minimum absolute atomic E-state index is 0.102. The topological polar surface area (TPSA) is 56.8 Å². The molecule has 0 saturated heterocycles. The lowest BCUT2D eigenvalue weighted by Gasteiger charge is -2.13. The van der Waals surface area contributed by atoms with E-state index in [9.17, 15) is 9.18 Å². The first kappa shape index (κ1) is 18.0. The van der Waals surface area contributed by atoms with Crippen LogP contribution < -0.4 is 19.5 Å². The number of hydrogen-bond donors (Lipinski definition) is 1. The number of carbonyl (C=O) groups is 1. The van der Waals surface area contributed by atoms with Crippen molar-refractivity contribution in [3.8, 4) is 17.2 Å². The maximum absolute atomic E-state index is 13.8. The van der Waals surface area contributed by atoms with Crippen molar-refractivity contribution < 1.29 is 23.4 Å². The van der Waals surface area contributed by atoms with Crippen LogP contribution in [0.4, 0.5) is 4.39 Å². The average molecular weight is 359 g/mol. The molecule has 1 aliphatic heterocycles. The summed E-state index contributed by atoms with van der Waals surface area (Å²) in [6.07, 6.45) is 0.972. The third kappa shape index (κ3) is 3.74. The van der Waals surface area contributed by atoms with Gasteiger partial charge in [-0.25, -0.2) is 4.39 Å². The van der Waals surface area contributed by atoms with Crippen LogP contribution in [0, 0.1) is 5.82 Å². The molecule has 0 saturated carbocycles. The van der Waals surface area contributed by atoms with Crippen LogP contribution in [0.1, 0.15) is 35.3 Å². The molecule has 1 aliphatic rings. The Balaban J connectivity index is 1.75. The molecule has 5 nitrogen and oxygen atoms in total. The molecule has 3 rings (SSSR count). The Kier molecular flexibility index (Phi) is 5.30. The van der Waals surface area contributed by atoms with Crippen LogP contribution >= 0.6 is 0 Å². The lowest BCUT2D eigenvalue weighted by Crippen LogP contribution is -2.23. The van der Waals surface area contributed by atoms with Gasteiger partial charge < -0.3 is 19.5 Å². The molecule has 138 valence electrons. The van der Waals surface area contributed by atoms with Crippen LogP contribution in [-0.4, -0.2) is 25.7 Å². The van der Waals surface area contributed by atoms with E-state index in [4.69, 9.17) is 14.2 Å². The Bertz CT molecular complexity index is 822. The van der Waals surface area contributed by atoms with Crippen molar-refractivity contribution in [1.82, 2.24) is 5.32 Å². The predicted molar refractivity (Wildman–Crippen MR) is 95.5 cm³/mol. The highest BCUT2D eigenvalue weighted by Gasteiger charge is 2.22. The van der Waals surface area contributed by atoms with Crippen molar-refractivity contribution in [3.05, 3.63) is 52.8 Å². The third-order valence-electron chi connectivity index (χ3n) is 4.23. The fourth-order valence-electron chi connectivity index (χ4n) is 2.99. The molecule has 2 aromatic rings. The lowest BCUT2D eigenvalue weighted by molar-refractivity contribution is 0.0950. The molecule has 0 aromatic heterocycles. The fraction of sp³-hybridized carbons (Fsp3) is 0.350. The van der Waals surface area contributed by atoms with Crippen LogP contribution in [0.15, 0.2) is 30.3 Å². The molecule has 0 bridgehead atoms. The number of halogens is 1. The first-order chi connectivity index (χ1) is 12.5. The van der Waals surface area contributed by atoms with E-state index in [1.807, 2.05) is 26.0 Å². The third-order valence-corrected chi connectivity index (χ3v) is 4.23. The second kappa shape index (κ2) is 7.64. The highest BCUT2D eigenvalue weighted by atomic mass is 19.1. The molecule has 0 spiro atoms. The molecule has 1 heterocycles. The average Bonchev–Trinajstić information content (AvgIpc) is 2.98. The zero-order chi connectivity index (χ0) is 18.7. The van der Waals surface area contributed by atoms with E-state index in [1.165, 1.54) is 19.2 Å². The van der Waals surface area contributed by atoms with Gasteiger partial charge in [-0.3, -0.25) is 4.79 Å². The lowest BCUT2D eigenvalue weighted by atomic mass is 10.1. The summed E-state index contributed by atoms with van der Waals surface area (Å²) >= 11 is 0. The Morgan fingerprint density at radius 3 is 2.81 bits per heavy atom. The first-order valence-electron chi connectivity index (χ1n) is 8.58. The molecular weight excluding hydrogens is 337 g/mol. The standard InChI is InChI=1S/C20H22FNO4/c1-4-25-18-9-14-7-12(2)26-19(14)10-15(18)11-22-20(23)13-5-6-17(24-3)16(21)8-13/h5-6,8-10,12H,4,7,11H2,1-3H3,(H,22,23). The summed E-state index contributed by atoms with van der Waals surface area (Å²) in [5.41, 5.74) is 2.16. The van der Waals surface area contributed by atoms with Gasteiger partial charge in [-0.05, 0) is 44.2 Å². The number of ether oxygens (including phenoxy) is 3. The normalized spacial score (nSPS) is 15.2. The van der Waals surface area contributed by atoms with Crippen molar-refractivity contribution in [3.63, 3.8) is 0 Å². The summed E-state index contributed by atoms with van der Waals surface area (Å²) in [4.78, 5) is 12.3. The summed E-state index contributed by atoms with van der Waals surface area (Å²) in [5.74, 6) is 0.704. The van der Waals surface area contributed by atoms with Gasteiger partial charge in [-0.2, -0.15) is 0 Å². The van der Waals surface area contributed by atoms with Gasteiger partial charge in [0, 0.05) is 29.7 Å². The van der Waals surface area contributed by atoms with Gasteiger partial charge in [0.1, 0.15) is 17.6 Å². The van der Waals surface area contributed by atoms with Crippen molar-refractivity contribution in [2.24, 2.45) is 0 Å². The number of benzene rings is 2. The second-order valence-electron chi connectivity index (χ2n) is 6.17. The maximum atomic E-state index is 13.8. The molecule has 1 amide bonds. The molecular formula is C20H22FNO4. The second-order valence-corrected chi connectivity index (χ2v) is 6.17. The molecule has 0 radical (unpaired) electrons.